The third-order valence-electron chi connectivity index (χ3n) is 3.59. The maximum Gasteiger partial charge on any atom is 0.271 e. The smallest absolute Gasteiger partial charge is 0.271 e. The van der Waals surface area contributed by atoms with Crippen molar-refractivity contribution in [1.82, 2.24) is 4.72 Å². The summed E-state index contributed by atoms with van der Waals surface area (Å²) in [5.41, 5.74) is 2.35. The van der Waals surface area contributed by atoms with E-state index in [1.165, 1.54) is 6.07 Å². The van der Waals surface area contributed by atoms with Crippen molar-refractivity contribution in [2.45, 2.75) is 32.1 Å². The Balaban J connectivity index is 2.07. The molecule has 1 N–H and O–H groups in total. The molecule has 0 spiro atoms. The van der Waals surface area contributed by atoms with Crippen LogP contribution in [0.3, 0.4) is 0 Å². The van der Waals surface area contributed by atoms with Gasteiger partial charge in [-0.2, -0.15) is 0 Å². The zero-order valence-corrected chi connectivity index (χ0v) is 14.8. The highest BCUT2D eigenvalue weighted by Crippen LogP contribution is 2.19. The van der Waals surface area contributed by atoms with Gasteiger partial charge in [0.15, 0.2) is 6.61 Å². The molecule has 2 aromatic rings. The van der Waals surface area contributed by atoms with Gasteiger partial charge in [0, 0.05) is 0 Å². The van der Waals surface area contributed by atoms with E-state index in [2.05, 4.69) is 4.72 Å². The highest BCUT2D eigenvalue weighted by molar-refractivity contribution is 7.90. The molecule has 24 heavy (non-hydrogen) atoms. The number of rotatable bonds is 6. The molecule has 0 atom stereocenters. The van der Waals surface area contributed by atoms with Crippen LogP contribution in [0.5, 0.6) is 5.75 Å². The summed E-state index contributed by atoms with van der Waals surface area (Å²) >= 11 is 0. The summed E-state index contributed by atoms with van der Waals surface area (Å²) in [5.74, 6) is -0.124. The lowest BCUT2D eigenvalue weighted by atomic mass is 10.1. The molecule has 0 bridgehead atoms. The Labute approximate surface area is 142 Å². The number of sulfonamides is 1. The minimum absolute atomic E-state index is 0.102. The van der Waals surface area contributed by atoms with Crippen molar-refractivity contribution in [3.63, 3.8) is 0 Å². The summed E-state index contributed by atoms with van der Waals surface area (Å²) in [6.45, 7) is 5.10. The SMILES string of the molecule is CCc1ccccc1OCC(=O)NS(=O)(=O)c1cc(C)ccc1C. The van der Waals surface area contributed by atoms with Crippen LogP contribution in [0.15, 0.2) is 47.4 Å². The number of benzene rings is 2. The predicted molar refractivity (Wildman–Crippen MR) is 92.6 cm³/mol. The number of carbonyl (C=O) groups is 1. The number of ether oxygens (including phenoxy) is 1. The third kappa shape index (κ3) is 4.35. The average molecular weight is 347 g/mol. The Hall–Kier alpha value is -2.34. The van der Waals surface area contributed by atoms with Gasteiger partial charge in [0.1, 0.15) is 5.75 Å². The first-order valence-electron chi connectivity index (χ1n) is 7.67. The standard InChI is InChI=1S/C18H21NO4S/c1-4-15-7-5-6-8-16(15)23-12-18(20)19-24(21,22)17-11-13(2)9-10-14(17)3/h5-11H,4,12H2,1-3H3,(H,19,20). The van der Waals surface area contributed by atoms with Crippen LogP contribution in [0, 0.1) is 13.8 Å². The Morgan fingerprint density at radius 1 is 1.12 bits per heavy atom. The topological polar surface area (TPSA) is 72.5 Å². The molecule has 0 aliphatic heterocycles. The Bertz CT molecular complexity index is 844. The Morgan fingerprint density at radius 3 is 2.54 bits per heavy atom. The molecule has 0 fully saturated rings. The van der Waals surface area contributed by atoms with Gasteiger partial charge in [-0.3, -0.25) is 4.79 Å². The van der Waals surface area contributed by atoms with Crippen LogP contribution in [0.4, 0.5) is 0 Å². The van der Waals surface area contributed by atoms with Gasteiger partial charge in [-0.1, -0.05) is 37.3 Å². The van der Waals surface area contributed by atoms with Crippen molar-refractivity contribution in [2.24, 2.45) is 0 Å². The van der Waals surface area contributed by atoms with E-state index in [0.717, 1.165) is 17.5 Å². The molecule has 2 rings (SSSR count). The van der Waals surface area contributed by atoms with E-state index in [9.17, 15) is 13.2 Å². The molecule has 5 nitrogen and oxygen atoms in total. The lowest BCUT2D eigenvalue weighted by molar-refractivity contribution is -0.121. The quantitative estimate of drug-likeness (QED) is 0.872. The molecule has 0 heterocycles. The average Bonchev–Trinajstić information content (AvgIpc) is 2.55. The number of carbonyl (C=O) groups excluding carboxylic acids is 1. The zero-order chi connectivity index (χ0) is 17.7. The van der Waals surface area contributed by atoms with E-state index in [-0.39, 0.29) is 11.5 Å². The van der Waals surface area contributed by atoms with Crippen LogP contribution in [0.25, 0.3) is 0 Å². The molecule has 0 aliphatic carbocycles. The van der Waals surface area contributed by atoms with Crippen molar-refractivity contribution in [2.75, 3.05) is 6.61 Å². The normalized spacial score (nSPS) is 11.1. The largest absolute Gasteiger partial charge is 0.483 e. The fourth-order valence-corrected chi connectivity index (χ4v) is 3.61. The van der Waals surface area contributed by atoms with E-state index >= 15 is 0 Å². The molecule has 0 saturated carbocycles. The van der Waals surface area contributed by atoms with E-state index in [4.69, 9.17) is 4.74 Å². The molecule has 0 saturated heterocycles. The highest BCUT2D eigenvalue weighted by atomic mass is 32.2. The van der Waals surface area contributed by atoms with Gasteiger partial charge in [0.2, 0.25) is 0 Å². The maximum atomic E-state index is 12.4. The number of para-hydroxylation sites is 1. The molecule has 2 aromatic carbocycles. The van der Waals surface area contributed by atoms with Crippen LogP contribution in [-0.2, 0) is 21.2 Å². The van der Waals surface area contributed by atoms with Crippen molar-refractivity contribution >= 4 is 15.9 Å². The molecule has 0 aromatic heterocycles. The van der Waals surface area contributed by atoms with Crippen LogP contribution in [0.1, 0.15) is 23.6 Å². The van der Waals surface area contributed by atoms with Gasteiger partial charge < -0.3 is 4.74 Å². The van der Waals surface area contributed by atoms with Gasteiger partial charge in [-0.25, -0.2) is 13.1 Å². The minimum Gasteiger partial charge on any atom is -0.483 e. The second-order valence-corrected chi connectivity index (χ2v) is 7.20. The highest BCUT2D eigenvalue weighted by Gasteiger charge is 2.20. The van der Waals surface area contributed by atoms with Crippen LogP contribution in [-0.4, -0.2) is 20.9 Å². The second-order valence-electron chi connectivity index (χ2n) is 5.55. The summed E-state index contributed by atoms with van der Waals surface area (Å²) < 4.78 is 32.2. The summed E-state index contributed by atoms with van der Waals surface area (Å²) in [4.78, 5) is 12.1. The summed E-state index contributed by atoms with van der Waals surface area (Å²) in [7, 11) is -3.91. The first kappa shape index (κ1) is 18.0. The van der Waals surface area contributed by atoms with E-state index < -0.39 is 15.9 Å². The van der Waals surface area contributed by atoms with Crippen molar-refractivity contribution in [3.8, 4) is 5.75 Å². The van der Waals surface area contributed by atoms with Crippen LogP contribution >= 0.6 is 0 Å². The van der Waals surface area contributed by atoms with Crippen molar-refractivity contribution < 1.29 is 17.9 Å². The minimum atomic E-state index is -3.91. The van der Waals surface area contributed by atoms with Gasteiger partial charge in [-0.15, -0.1) is 0 Å². The number of hydrogen-bond donors (Lipinski definition) is 1. The van der Waals surface area contributed by atoms with Gasteiger partial charge in [0.25, 0.3) is 15.9 Å². The summed E-state index contributed by atoms with van der Waals surface area (Å²) in [6, 6.07) is 12.4. The Morgan fingerprint density at radius 2 is 1.83 bits per heavy atom. The number of hydrogen-bond acceptors (Lipinski definition) is 4. The predicted octanol–water partition coefficient (Wildman–Crippen LogP) is 2.75. The summed E-state index contributed by atoms with van der Waals surface area (Å²) in [5, 5.41) is 0. The van der Waals surface area contributed by atoms with Crippen molar-refractivity contribution in [1.29, 1.82) is 0 Å². The number of aryl methyl sites for hydroxylation is 3. The lowest BCUT2D eigenvalue weighted by Crippen LogP contribution is -2.34. The van der Waals surface area contributed by atoms with E-state index in [1.54, 1.807) is 32.0 Å². The molecule has 0 radical (unpaired) electrons. The monoisotopic (exact) mass is 347 g/mol. The Kier molecular flexibility index (Phi) is 5.62. The number of amides is 1. The van der Waals surface area contributed by atoms with Crippen molar-refractivity contribution in [3.05, 3.63) is 59.2 Å². The fourth-order valence-electron chi connectivity index (χ4n) is 2.31. The van der Waals surface area contributed by atoms with E-state index in [1.807, 2.05) is 25.1 Å². The van der Waals surface area contributed by atoms with Gasteiger partial charge in [-0.05, 0) is 49.1 Å². The molecular weight excluding hydrogens is 326 g/mol. The molecular formula is C18H21NO4S. The van der Waals surface area contributed by atoms with Gasteiger partial charge >= 0.3 is 0 Å². The molecule has 0 unspecified atom stereocenters. The first-order valence-corrected chi connectivity index (χ1v) is 9.15. The molecule has 1 amide bonds. The fraction of sp³-hybridized carbons (Fsp3) is 0.278. The van der Waals surface area contributed by atoms with Crippen LogP contribution < -0.4 is 9.46 Å². The van der Waals surface area contributed by atoms with Gasteiger partial charge in [0.05, 0.1) is 4.90 Å². The first-order chi connectivity index (χ1) is 11.3. The lowest BCUT2D eigenvalue weighted by Gasteiger charge is -2.12. The third-order valence-corrected chi connectivity index (χ3v) is 5.11. The van der Waals surface area contributed by atoms with E-state index in [0.29, 0.717) is 11.3 Å². The molecule has 6 heteroatoms. The van der Waals surface area contributed by atoms with Crippen LogP contribution in [0.2, 0.25) is 0 Å². The molecule has 0 aliphatic rings. The maximum absolute atomic E-state index is 12.4. The summed E-state index contributed by atoms with van der Waals surface area (Å²) in [6.07, 6.45) is 0.762. The second kappa shape index (κ2) is 7.49. The number of nitrogens with one attached hydrogen (secondary N) is 1. The zero-order valence-electron chi connectivity index (χ0n) is 14.0. The molecule has 128 valence electrons.